The van der Waals surface area contributed by atoms with Crippen molar-refractivity contribution in [2.45, 2.75) is 31.7 Å². The zero-order valence-electron chi connectivity index (χ0n) is 29.1. The Morgan fingerprint density at radius 1 is 0.538 bits per heavy atom. The number of hydrogen-bond acceptors (Lipinski definition) is 2. The number of allylic oxidation sites excluding steroid dienone is 4. The molecule has 2 aromatic heterocycles. The highest BCUT2D eigenvalue weighted by atomic mass is 15.0. The van der Waals surface area contributed by atoms with Crippen molar-refractivity contribution in [1.29, 1.82) is 0 Å². The summed E-state index contributed by atoms with van der Waals surface area (Å²) in [7, 11) is 0. The number of rotatable bonds is 3. The van der Waals surface area contributed by atoms with Gasteiger partial charge < -0.3 is 4.57 Å². The van der Waals surface area contributed by atoms with Gasteiger partial charge in [0, 0.05) is 50.4 Å². The molecule has 2 aliphatic rings. The monoisotopic (exact) mass is 665 g/mol. The molecule has 11 rings (SSSR count). The predicted molar refractivity (Wildman–Crippen MR) is 218 cm³/mol. The van der Waals surface area contributed by atoms with Gasteiger partial charge in [-0.3, -0.25) is 9.97 Å². The highest BCUT2D eigenvalue weighted by Crippen LogP contribution is 2.51. The van der Waals surface area contributed by atoms with E-state index in [2.05, 4.69) is 164 Å². The molecule has 0 fully saturated rings. The first-order valence-corrected chi connectivity index (χ1v) is 18.3. The summed E-state index contributed by atoms with van der Waals surface area (Å²) < 4.78 is 2.52. The lowest BCUT2D eigenvalue weighted by molar-refractivity contribution is 0.649. The minimum atomic E-state index is -0.129. The number of aromatic nitrogens is 3. The van der Waals surface area contributed by atoms with Gasteiger partial charge in [-0.1, -0.05) is 129 Å². The summed E-state index contributed by atoms with van der Waals surface area (Å²) in [5, 5.41) is 7.34. The van der Waals surface area contributed by atoms with E-state index >= 15 is 0 Å². The van der Waals surface area contributed by atoms with Crippen LogP contribution in [0.1, 0.15) is 43.0 Å². The van der Waals surface area contributed by atoms with E-state index in [1.54, 1.807) is 12.4 Å². The van der Waals surface area contributed by atoms with Crippen LogP contribution < -0.4 is 0 Å². The van der Waals surface area contributed by atoms with Crippen molar-refractivity contribution >= 4 is 60.0 Å². The van der Waals surface area contributed by atoms with E-state index in [4.69, 9.17) is 9.97 Å². The predicted octanol–water partition coefficient (Wildman–Crippen LogP) is 12.6. The lowest BCUT2D eigenvalue weighted by atomic mass is 9.80. The van der Waals surface area contributed by atoms with Gasteiger partial charge in [0.2, 0.25) is 0 Å². The molecular formula is C49H35N3. The number of hydrogen-bond donors (Lipinski definition) is 0. The number of para-hydroxylation sites is 2. The van der Waals surface area contributed by atoms with Gasteiger partial charge in [-0.05, 0) is 92.0 Å². The molecule has 9 aromatic rings. The van der Waals surface area contributed by atoms with Crippen LogP contribution in [0.4, 0.5) is 0 Å². The number of nitrogens with zero attached hydrogens (tertiary/aromatic N) is 3. The van der Waals surface area contributed by atoms with E-state index in [-0.39, 0.29) is 11.5 Å². The molecule has 3 nitrogen and oxygen atoms in total. The summed E-state index contributed by atoms with van der Waals surface area (Å²) in [5.41, 5.74) is 14.9. The molecule has 0 amide bonds. The van der Waals surface area contributed by atoms with Gasteiger partial charge in [0.25, 0.3) is 0 Å². The molecule has 2 aliphatic carbocycles. The largest absolute Gasteiger partial charge is 0.333 e. The molecular weight excluding hydrogens is 631 g/mol. The second-order valence-electron chi connectivity index (χ2n) is 14.9. The van der Waals surface area contributed by atoms with Crippen molar-refractivity contribution < 1.29 is 0 Å². The van der Waals surface area contributed by atoms with Crippen LogP contribution >= 0.6 is 0 Å². The first-order valence-electron chi connectivity index (χ1n) is 18.3. The third-order valence-corrected chi connectivity index (χ3v) is 11.8. The van der Waals surface area contributed by atoms with Crippen molar-refractivity contribution in [3.05, 3.63) is 175 Å². The molecule has 0 aliphatic heterocycles. The average molecular weight is 666 g/mol. The Morgan fingerprint density at radius 3 is 1.73 bits per heavy atom. The molecule has 52 heavy (non-hydrogen) atoms. The zero-order chi connectivity index (χ0) is 34.6. The SMILES string of the molecule is CC1(C)c2cc(C3=CCC(n4c5ccccc5c5ccccc54)C=C3)ccc2-c2ccc(-c3ccc4c(c3)c3ccccc3c3nccnc43)cc21. The maximum absolute atomic E-state index is 4.76. The second kappa shape index (κ2) is 10.8. The Kier molecular flexibility index (Phi) is 6.13. The van der Waals surface area contributed by atoms with Crippen molar-refractivity contribution in [2.75, 3.05) is 0 Å². The fraction of sp³-hybridized carbons (Fsp3) is 0.102. The van der Waals surface area contributed by atoms with E-state index in [1.807, 2.05) is 0 Å². The fourth-order valence-electron chi connectivity index (χ4n) is 9.23. The molecule has 1 unspecified atom stereocenters. The van der Waals surface area contributed by atoms with E-state index in [1.165, 1.54) is 77.1 Å². The zero-order valence-corrected chi connectivity index (χ0v) is 29.1. The quantitative estimate of drug-likeness (QED) is 0.176. The maximum atomic E-state index is 4.76. The summed E-state index contributed by atoms with van der Waals surface area (Å²) in [4.78, 5) is 9.47. The summed E-state index contributed by atoms with van der Waals surface area (Å²) in [6.07, 6.45) is 11.7. The van der Waals surface area contributed by atoms with Crippen LogP contribution in [0.15, 0.2) is 158 Å². The third kappa shape index (κ3) is 4.14. The molecule has 3 heteroatoms. The van der Waals surface area contributed by atoms with E-state index in [0.29, 0.717) is 0 Å². The first-order chi connectivity index (χ1) is 25.5. The molecule has 0 bridgehead atoms. The van der Waals surface area contributed by atoms with Gasteiger partial charge in [-0.25, -0.2) is 0 Å². The summed E-state index contributed by atoms with van der Waals surface area (Å²) in [5.74, 6) is 0. The molecule has 2 heterocycles. The summed E-state index contributed by atoms with van der Waals surface area (Å²) in [6, 6.07) is 47.4. The topological polar surface area (TPSA) is 30.7 Å². The fourth-order valence-corrected chi connectivity index (χ4v) is 9.23. The Hall–Kier alpha value is -6.32. The summed E-state index contributed by atoms with van der Waals surface area (Å²) in [6.45, 7) is 4.76. The Bertz CT molecular complexity index is 2940. The van der Waals surface area contributed by atoms with Crippen LogP contribution in [-0.2, 0) is 5.41 Å². The van der Waals surface area contributed by atoms with Gasteiger partial charge >= 0.3 is 0 Å². The summed E-state index contributed by atoms with van der Waals surface area (Å²) >= 11 is 0. The van der Waals surface area contributed by atoms with Crippen molar-refractivity contribution in [3.8, 4) is 22.3 Å². The van der Waals surface area contributed by atoms with E-state index in [0.717, 1.165) is 28.2 Å². The lowest BCUT2D eigenvalue weighted by Crippen LogP contribution is -2.15. The van der Waals surface area contributed by atoms with Crippen LogP contribution in [0.2, 0.25) is 0 Å². The molecule has 7 aromatic carbocycles. The van der Waals surface area contributed by atoms with E-state index in [9.17, 15) is 0 Å². The van der Waals surface area contributed by atoms with Crippen LogP contribution in [0.25, 0.3) is 82.2 Å². The Labute approximate surface area is 302 Å². The lowest BCUT2D eigenvalue weighted by Gasteiger charge is -2.24. The molecule has 0 spiro atoms. The highest BCUT2D eigenvalue weighted by molar-refractivity contribution is 6.23. The Morgan fingerprint density at radius 2 is 1.08 bits per heavy atom. The molecule has 1 atom stereocenters. The van der Waals surface area contributed by atoms with Crippen molar-refractivity contribution in [2.24, 2.45) is 0 Å². The minimum Gasteiger partial charge on any atom is -0.333 e. The van der Waals surface area contributed by atoms with Gasteiger partial charge in [-0.15, -0.1) is 0 Å². The van der Waals surface area contributed by atoms with Crippen molar-refractivity contribution in [3.63, 3.8) is 0 Å². The molecule has 0 saturated carbocycles. The molecule has 246 valence electrons. The normalized spacial score (nSPS) is 16.2. The first kappa shape index (κ1) is 29.4. The minimum absolute atomic E-state index is 0.129. The standard InChI is InChI=1S/C49H35N3/c1-49(2)43-28-32(30-15-20-34(21-16-30)52-45-13-7-5-10-38(45)39-11-6-8-14-46(39)52)17-22-36(43)37-23-18-33(29-44(37)49)31-19-24-41-42(27-31)35-9-3-4-12-40(35)47-48(41)51-26-25-50-47/h3-20,22-29,34H,21H2,1-2H3. The molecule has 0 radical (unpaired) electrons. The number of benzene rings is 7. The van der Waals surface area contributed by atoms with Gasteiger partial charge in [0.15, 0.2) is 0 Å². The Balaban J connectivity index is 0.942. The smallest absolute Gasteiger partial charge is 0.0971 e. The second-order valence-corrected chi connectivity index (χ2v) is 14.9. The number of fused-ring (bicyclic) bond motifs is 12. The third-order valence-electron chi connectivity index (χ3n) is 11.8. The van der Waals surface area contributed by atoms with Crippen LogP contribution in [0.3, 0.4) is 0 Å². The van der Waals surface area contributed by atoms with Gasteiger partial charge in [-0.2, -0.15) is 0 Å². The highest BCUT2D eigenvalue weighted by Gasteiger charge is 2.36. The van der Waals surface area contributed by atoms with Crippen LogP contribution in [0, 0.1) is 0 Å². The van der Waals surface area contributed by atoms with Gasteiger partial charge in [0.05, 0.1) is 17.1 Å². The van der Waals surface area contributed by atoms with Gasteiger partial charge in [0.1, 0.15) is 0 Å². The molecule has 0 saturated heterocycles. The van der Waals surface area contributed by atoms with Crippen LogP contribution in [-0.4, -0.2) is 14.5 Å². The van der Waals surface area contributed by atoms with E-state index < -0.39 is 0 Å². The average Bonchev–Trinajstić information content (AvgIpc) is 3.66. The van der Waals surface area contributed by atoms with Crippen LogP contribution in [0.5, 0.6) is 0 Å². The molecule has 0 N–H and O–H groups in total. The van der Waals surface area contributed by atoms with Crippen molar-refractivity contribution in [1.82, 2.24) is 14.5 Å². The maximum Gasteiger partial charge on any atom is 0.0971 e.